The molecule has 0 radical (unpaired) electrons. The van der Waals surface area contributed by atoms with Gasteiger partial charge in [0.05, 0.1) is 5.56 Å². The second-order valence-corrected chi connectivity index (χ2v) is 4.56. The van der Waals surface area contributed by atoms with Crippen LogP contribution < -0.4 is 0 Å². The third-order valence-corrected chi connectivity index (χ3v) is 2.89. The SMILES string of the molecule is CCCCCC#Cc1cnc(-c2ccc(F)cc2)nc1. The molecule has 0 saturated carbocycles. The summed E-state index contributed by atoms with van der Waals surface area (Å²) in [5.74, 6) is 6.50. The first kappa shape index (κ1) is 14.2. The van der Waals surface area contributed by atoms with Crippen molar-refractivity contribution in [3.05, 3.63) is 48.0 Å². The maximum atomic E-state index is 12.8. The summed E-state index contributed by atoms with van der Waals surface area (Å²) >= 11 is 0. The standard InChI is InChI=1S/C17H17FN2/c1-2-3-4-5-6-7-14-12-19-17(20-13-14)15-8-10-16(18)11-9-15/h8-13H,2-5H2,1H3. The molecular formula is C17H17FN2. The minimum Gasteiger partial charge on any atom is -0.235 e. The van der Waals surface area contributed by atoms with Crippen LogP contribution in [-0.4, -0.2) is 9.97 Å². The Labute approximate surface area is 119 Å². The summed E-state index contributed by atoms with van der Waals surface area (Å²) in [5, 5.41) is 0. The number of unbranched alkanes of at least 4 members (excludes halogenated alkanes) is 3. The first-order valence-electron chi connectivity index (χ1n) is 6.86. The molecule has 2 aromatic rings. The molecule has 102 valence electrons. The van der Waals surface area contributed by atoms with Crippen LogP contribution in [0, 0.1) is 17.7 Å². The van der Waals surface area contributed by atoms with Gasteiger partial charge in [-0.2, -0.15) is 0 Å². The summed E-state index contributed by atoms with van der Waals surface area (Å²) in [7, 11) is 0. The monoisotopic (exact) mass is 268 g/mol. The zero-order valence-corrected chi connectivity index (χ0v) is 11.6. The lowest BCUT2D eigenvalue weighted by Crippen LogP contribution is -1.89. The van der Waals surface area contributed by atoms with Crippen LogP contribution in [0.1, 0.15) is 38.2 Å². The van der Waals surface area contributed by atoms with Crippen molar-refractivity contribution in [2.45, 2.75) is 32.6 Å². The Kier molecular flexibility index (Phi) is 5.25. The zero-order chi connectivity index (χ0) is 14.2. The predicted molar refractivity (Wildman–Crippen MR) is 78.4 cm³/mol. The minimum atomic E-state index is -0.261. The molecule has 0 atom stereocenters. The van der Waals surface area contributed by atoms with Gasteiger partial charge in [0.15, 0.2) is 5.82 Å². The van der Waals surface area contributed by atoms with Gasteiger partial charge in [-0.25, -0.2) is 14.4 Å². The maximum Gasteiger partial charge on any atom is 0.159 e. The fourth-order valence-corrected chi connectivity index (χ4v) is 1.77. The summed E-state index contributed by atoms with van der Waals surface area (Å²) in [6.07, 6.45) is 7.88. The van der Waals surface area contributed by atoms with E-state index in [1.807, 2.05) is 0 Å². The van der Waals surface area contributed by atoms with Crippen molar-refractivity contribution < 1.29 is 4.39 Å². The number of benzene rings is 1. The van der Waals surface area contributed by atoms with E-state index in [0.717, 1.165) is 24.0 Å². The third-order valence-electron chi connectivity index (χ3n) is 2.89. The van der Waals surface area contributed by atoms with Gasteiger partial charge in [0.2, 0.25) is 0 Å². The van der Waals surface area contributed by atoms with Crippen LogP contribution in [0.15, 0.2) is 36.7 Å². The van der Waals surface area contributed by atoms with Gasteiger partial charge >= 0.3 is 0 Å². The Morgan fingerprint density at radius 3 is 2.40 bits per heavy atom. The molecule has 0 amide bonds. The lowest BCUT2D eigenvalue weighted by molar-refractivity contribution is 0.628. The molecule has 0 bridgehead atoms. The summed E-state index contributed by atoms with van der Waals surface area (Å²) in [6, 6.07) is 6.14. The van der Waals surface area contributed by atoms with Gasteiger partial charge in [-0.05, 0) is 30.7 Å². The average molecular weight is 268 g/mol. The van der Waals surface area contributed by atoms with Gasteiger partial charge in [0, 0.05) is 24.4 Å². The number of aromatic nitrogens is 2. The molecule has 2 rings (SSSR count). The van der Waals surface area contributed by atoms with E-state index < -0.39 is 0 Å². The molecule has 0 fully saturated rings. The fraction of sp³-hybridized carbons (Fsp3) is 0.294. The van der Waals surface area contributed by atoms with Gasteiger partial charge in [0.1, 0.15) is 5.82 Å². The molecule has 0 saturated heterocycles. The Balaban J connectivity index is 2.01. The highest BCUT2D eigenvalue weighted by Gasteiger charge is 2.00. The van der Waals surface area contributed by atoms with Gasteiger partial charge < -0.3 is 0 Å². The number of hydrogen-bond donors (Lipinski definition) is 0. The smallest absolute Gasteiger partial charge is 0.159 e. The summed E-state index contributed by atoms with van der Waals surface area (Å²) in [4.78, 5) is 8.52. The average Bonchev–Trinajstić information content (AvgIpc) is 2.49. The molecule has 0 unspecified atom stereocenters. The molecule has 2 nitrogen and oxygen atoms in total. The number of rotatable bonds is 4. The first-order valence-corrected chi connectivity index (χ1v) is 6.86. The largest absolute Gasteiger partial charge is 0.235 e. The van der Waals surface area contributed by atoms with E-state index in [4.69, 9.17) is 0 Å². The number of hydrogen-bond acceptors (Lipinski definition) is 2. The van der Waals surface area contributed by atoms with Crippen molar-refractivity contribution in [1.29, 1.82) is 0 Å². The first-order chi connectivity index (χ1) is 9.79. The van der Waals surface area contributed by atoms with Gasteiger partial charge in [-0.15, -0.1) is 0 Å². The Hall–Kier alpha value is -2.21. The molecule has 0 aliphatic heterocycles. The highest BCUT2D eigenvalue weighted by atomic mass is 19.1. The summed E-state index contributed by atoms with van der Waals surface area (Å²) in [5.41, 5.74) is 1.61. The van der Waals surface area contributed by atoms with Crippen LogP contribution in [0.3, 0.4) is 0 Å². The molecule has 0 aliphatic rings. The quantitative estimate of drug-likeness (QED) is 0.613. The molecule has 1 aromatic carbocycles. The van der Waals surface area contributed by atoms with E-state index in [9.17, 15) is 4.39 Å². The van der Waals surface area contributed by atoms with E-state index in [-0.39, 0.29) is 5.82 Å². The number of halogens is 1. The van der Waals surface area contributed by atoms with Crippen molar-refractivity contribution in [3.8, 4) is 23.2 Å². The van der Waals surface area contributed by atoms with Gasteiger partial charge in [-0.3, -0.25) is 0 Å². The molecule has 0 aliphatic carbocycles. The predicted octanol–water partition coefficient (Wildman–Crippen LogP) is 4.21. The van der Waals surface area contributed by atoms with Crippen LogP contribution in [-0.2, 0) is 0 Å². The summed E-state index contributed by atoms with van der Waals surface area (Å²) < 4.78 is 12.8. The van der Waals surface area contributed by atoms with Crippen LogP contribution in [0.5, 0.6) is 0 Å². The van der Waals surface area contributed by atoms with Crippen molar-refractivity contribution >= 4 is 0 Å². The Morgan fingerprint density at radius 2 is 1.75 bits per heavy atom. The lowest BCUT2D eigenvalue weighted by atomic mass is 10.2. The Morgan fingerprint density at radius 1 is 1.05 bits per heavy atom. The molecule has 1 aromatic heterocycles. The van der Waals surface area contributed by atoms with Crippen molar-refractivity contribution in [1.82, 2.24) is 9.97 Å². The van der Waals surface area contributed by atoms with Crippen molar-refractivity contribution in [2.75, 3.05) is 0 Å². The number of nitrogens with zero attached hydrogens (tertiary/aromatic N) is 2. The van der Waals surface area contributed by atoms with E-state index in [1.165, 1.54) is 25.0 Å². The highest BCUT2D eigenvalue weighted by molar-refractivity contribution is 5.54. The molecular weight excluding hydrogens is 251 g/mol. The van der Waals surface area contributed by atoms with Crippen molar-refractivity contribution in [2.24, 2.45) is 0 Å². The van der Waals surface area contributed by atoms with E-state index in [0.29, 0.717) is 5.82 Å². The maximum absolute atomic E-state index is 12.8. The van der Waals surface area contributed by atoms with Gasteiger partial charge in [0.25, 0.3) is 0 Å². The Bertz CT molecular complexity index is 592. The fourth-order valence-electron chi connectivity index (χ4n) is 1.77. The van der Waals surface area contributed by atoms with Crippen molar-refractivity contribution in [3.63, 3.8) is 0 Å². The van der Waals surface area contributed by atoms with Gasteiger partial charge in [-0.1, -0.05) is 31.6 Å². The van der Waals surface area contributed by atoms with Crippen LogP contribution in [0.4, 0.5) is 4.39 Å². The normalized spacial score (nSPS) is 9.90. The third kappa shape index (κ3) is 4.17. The van der Waals surface area contributed by atoms with Crippen LogP contribution in [0.25, 0.3) is 11.4 Å². The molecule has 0 spiro atoms. The van der Waals surface area contributed by atoms with Crippen LogP contribution >= 0.6 is 0 Å². The second-order valence-electron chi connectivity index (χ2n) is 4.56. The van der Waals surface area contributed by atoms with E-state index >= 15 is 0 Å². The lowest BCUT2D eigenvalue weighted by Gasteiger charge is -1.99. The van der Waals surface area contributed by atoms with E-state index in [1.54, 1.807) is 24.5 Å². The molecule has 20 heavy (non-hydrogen) atoms. The van der Waals surface area contributed by atoms with E-state index in [2.05, 4.69) is 28.7 Å². The molecule has 1 heterocycles. The molecule has 3 heteroatoms. The second kappa shape index (κ2) is 7.40. The van der Waals surface area contributed by atoms with Crippen LogP contribution in [0.2, 0.25) is 0 Å². The zero-order valence-electron chi connectivity index (χ0n) is 11.6. The highest BCUT2D eigenvalue weighted by Crippen LogP contribution is 2.14. The topological polar surface area (TPSA) is 25.8 Å². The summed E-state index contributed by atoms with van der Waals surface area (Å²) in [6.45, 7) is 2.18. The minimum absolute atomic E-state index is 0.261. The molecule has 0 N–H and O–H groups in total.